The second kappa shape index (κ2) is 10.5. The van der Waals surface area contributed by atoms with E-state index in [0.717, 1.165) is 17.9 Å². The number of nitrogens with zero attached hydrogens (tertiary/aromatic N) is 7. The van der Waals surface area contributed by atoms with Gasteiger partial charge in [-0.05, 0) is 55.3 Å². The number of anilines is 3. The largest absolute Gasteiger partial charge is 0.457 e. The SMILES string of the molecule is C=CC(=O)NC1CN(c2ccc3ncnc(Nc4ccc(Oc5ccc6c(c5)nnn6C)c(C)c4F)c3n2)C[C@@H]1C. The summed E-state index contributed by atoms with van der Waals surface area (Å²) in [5.41, 5.74) is 3.24. The molecule has 1 fully saturated rings. The molecule has 1 aliphatic rings. The van der Waals surface area contributed by atoms with E-state index in [0.29, 0.717) is 46.0 Å². The third-order valence-electron chi connectivity index (χ3n) is 7.32. The van der Waals surface area contributed by atoms with Gasteiger partial charge >= 0.3 is 0 Å². The van der Waals surface area contributed by atoms with Crippen LogP contribution in [0.1, 0.15) is 12.5 Å². The number of aromatic nitrogens is 6. The Kier molecular flexibility index (Phi) is 6.66. The van der Waals surface area contributed by atoms with Crippen molar-refractivity contribution in [2.75, 3.05) is 23.3 Å². The van der Waals surface area contributed by atoms with Crippen LogP contribution >= 0.6 is 0 Å². The highest BCUT2D eigenvalue weighted by Gasteiger charge is 2.31. The number of benzene rings is 2. The standard InChI is InChI=1S/C29H28FN9O2/c1-5-26(40)33-22-14-39(13-16(22)2)25-11-8-20-28(35-25)29(32-15-31-20)34-19-7-10-24(17(3)27(19)30)41-18-6-9-23-21(12-18)36-37-38(23)4/h5-12,15-16,22H,1,13-14H2,2-4H3,(H,33,40)(H,31,32,34)/t16-,22?/m0/s1. The summed E-state index contributed by atoms with van der Waals surface area (Å²) in [6.45, 7) is 8.59. The summed E-state index contributed by atoms with van der Waals surface area (Å²) in [6.07, 6.45) is 2.69. The van der Waals surface area contributed by atoms with Gasteiger partial charge in [0.25, 0.3) is 0 Å². The lowest BCUT2D eigenvalue weighted by Crippen LogP contribution is -2.38. The number of ether oxygens (including phenoxy) is 1. The highest BCUT2D eigenvalue weighted by molar-refractivity contribution is 5.89. The monoisotopic (exact) mass is 553 g/mol. The molecule has 0 saturated carbocycles. The summed E-state index contributed by atoms with van der Waals surface area (Å²) >= 11 is 0. The maximum Gasteiger partial charge on any atom is 0.243 e. The Labute approximate surface area is 235 Å². The van der Waals surface area contributed by atoms with Crippen LogP contribution in [0.3, 0.4) is 0 Å². The van der Waals surface area contributed by atoms with Gasteiger partial charge in [0.2, 0.25) is 5.91 Å². The smallest absolute Gasteiger partial charge is 0.243 e. The van der Waals surface area contributed by atoms with Crippen LogP contribution in [-0.2, 0) is 11.8 Å². The second-order valence-corrected chi connectivity index (χ2v) is 10.1. The molecule has 1 saturated heterocycles. The molecule has 0 spiro atoms. The van der Waals surface area contributed by atoms with Crippen LogP contribution < -0.4 is 20.3 Å². The normalized spacial score (nSPS) is 16.7. The number of nitrogens with one attached hydrogen (secondary N) is 2. The Balaban J connectivity index is 1.25. The van der Waals surface area contributed by atoms with E-state index < -0.39 is 5.82 Å². The van der Waals surface area contributed by atoms with Gasteiger partial charge in [-0.2, -0.15) is 0 Å². The van der Waals surface area contributed by atoms with E-state index in [4.69, 9.17) is 9.72 Å². The van der Waals surface area contributed by atoms with Crippen molar-refractivity contribution < 1.29 is 13.9 Å². The van der Waals surface area contributed by atoms with Crippen LogP contribution in [0.5, 0.6) is 11.5 Å². The number of fused-ring (bicyclic) bond motifs is 2. The van der Waals surface area contributed by atoms with Crippen molar-refractivity contribution in [2.45, 2.75) is 19.9 Å². The minimum Gasteiger partial charge on any atom is -0.457 e. The van der Waals surface area contributed by atoms with Crippen molar-refractivity contribution >= 4 is 45.3 Å². The fourth-order valence-electron chi connectivity index (χ4n) is 4.99. The molecule has 1 aliphatic heterocycles. The van der Waals surface area contributed by atoms with E-state index in [9.17, 15) is 4.79 Å². The molecular formula is C29H28FN9O2. The Morgan fingerprint density at radius 2 is 2.00 bits per heavy atom. The highest BCUT2D eigenvalue weighted by atomic mass is 19.1. The van der Waals surface area contributed by atoms with Crippen LogP contribution in [0, 0.1) is 18.7 Å². The van der Waals surface area contributed by atoms with Crippen LogP contribution in [0.15, 0.2) is 61.4 Å². The van der Waals surface area contributed by atoms with Crippen molar-refractivity contribution in [3.05, 3.63) is 72.8 Å². The average molecular weight is 554 g/mol. The average Bonchev–Trinajstić information content (AvgIpc) is 3.53. The minimum absolute atomic E-state index is 0.0250. The van der Waals surface area contributed by atoms with Gasteiger partial charge in [-0.15, -0.1) is 5.10 Å². The predicted octanol–water partition coefficient (Wildman–Crippen LogP) is 4.42. The zero-order valence-corrected chi connectivity index (χ0v) is 22.8. The molecule has 6 rings (SSSR count). The fraction of sp³-hybridized carbons (Fsp3) is 0.241. The van der Waals surface area contributed by atoms with Crippen LogP contribution in [-0.4, -0.2) is 55.0 Å². The topological polar surface area (TPSA) is 123 Å². The van der Waals surface area contributed by atoms with E-state index >= 15 is 4.39 Å². The molecule has 2 atom stereocenters. The van der Waals surface area contributed by atoms with Crippen molar-refractivity contribution in [2.24, 2.45) is 13.0 Å². The van der Waals surface area contributed by atoms with Crippen molar-refractivity contribution in [1.29, 1.82) is 0 Å². The lowest BCUT2D eigenvalue weighted by atomic mass is 10.1. The number of rotatable bonds is 7. The number of carbonyl (C=O) groups is 1. The summed E-state index contributed by atoms with van der Waals surface area (Å²) in [5.74, 6) is 1.56. The van der Waals surface area contributed by atoms with Crippen molar-refractivity contribution in [3.63, 3.8) is 0 Å². The molecule has 2 N–H and O–H groups in total. The Morgan fingerprint density at radius 1 is 1.15 bits per heavy atom. The molecule has 208 valence electrons. The number of pyridine rings is 1. The predicted molar refractivity (Wildman–Crippen MR) is 154 cm³/mol. The van der Waals surface area contributed by atoms with E-state index in [1.165, 1.54) is 12.4 Å². The lowest BCUT2D eigenvalue weighted by Gasteiger charge is -2.19. The van der Waals surface area contributed by atoms with E-state index in [-0.39, 0.29) is 23.6 Å². The zero-order valence-electron chi connectivity index (χ0n) is 22.8. The van der Waals surface area contributed by atoms with Gasteiger partial charge in [0, 0.05) is 31.8 Å². The zero-order chi connectivity index (χ0) is 28.7. The molecule has 0 aliphatic carbocycles. The van der Waals surface area contributed by atoms with E-state index in [2.05, 4.69) is 49.3 Å². The number of aryl methyl sites for hydroxylation is 1. The van der Waals surface area contributed by atoms with E-state index in [1.807, 2.05) is 25.2 Å². The number of halogens is 1. The number of amides is 1. The second-order valence-electron chi connectivity index (χ2n) is 10.1. The summed E-state index contributed by atoms with van der Waals surface area (Å²) in [5, 5.41) is 14.2. The molecule has 12 heteroatoms. The molecule has 41 heavy (non-hydrogen) atoms. The van der Waals surface area contributed by atoms with Gasteiger partial charge in [0.1, 0.15) is 34.7 Å². The minimum atomic E-state index is -0.472. The first-order valence-electron chi connectivity index (χ1n) is 13.1. The molecule has 4 heterocycles. The molecule has 0 radical (unpaired) electrons. The van der Waals surface area contributed by atoms with Gasteiger partial charge in [-0.25, -0.2) is 24.0 Å². The molecule has 3 aromatic heterocycles. The molecule has 11 nitrogen and oxygen atoms in total. The maximum atomic E-state index is 15.6. The van der Waals surface area contributed by atoms with E-state index in [1.54, 1.807) is 35.9 Å². The maximum absolute atomic E-state index is 15.6. The first kappa shape index (κ1) is 26.1. The number of hydrogen-bond donors (Lipinski definition) is 2. The van der Waals surface area contributed by atoms with Gasteiger partial charge in [-0.3, -0.25) is 4.79 Å². The summed E-state index contributed by atoms with van der Waals surface area (Å²) < 4.78 is 23.2. The third-order valence-corrected chi connectivity index (χ3v) is 7.32. The van der Waals surface area contributed by atoms with Gasteiger partial charge < -0.3 is 20.3 Å². The number of carbonyl (C=O) groups excluding carboxylic acids is 1. The van der Waals surface area contributed by atoms with Crippen LogP contribution in [0.4, 0.5) is 21.7 Å². The van der Waals surface area contributed by atoms with Crippen molar-refractivity contribution in [3.8, 4) is 11.5 Å². The van der Waals surface area contributed by atoms with Crippen LogP contribution in [0.25, 0.3) is 22.1 Å². The van der Waals surface area contributed by atoms with Gasteiger partial charge in [0.05, 0.1) is 22.8 Å². The van der Waals surface area contributed by atoms with Gasteiger partial charge in [0.15, 0.2) is 11.6 Å². The van der Waals surface area contributed by atoms with Gasteiger partial charge in [-0.1, -0.05) is 18.7 Å². The highest BCUT2D eigenvalue weighted by Crippen LogP contribution is 2.34. The first-order chi connectivity index (χ1) is 19.8. The molecule has 5 aromatic rings. The molecule has 0 bridgehead atoms. The molecular weight excluding hydrogens is 525 g/mol. The first-order valence-corrected chi connectivity index (χ1v) is 13.1. The Hall–Kier alpha value is -5.13. The fourth-order valence-corrected chi connectivity index (χ4v) is 4.99. The van der Waals surface area contributed by atoms with Crippen molar-refractivity contribution in [1.82, 2.24) is 35.3 Å². The quantitative estimate of drug-likeness (QED) is 0.282. The molecule has 1 amide bonds. The lowest BCUT2D eigenvalue weighted by molar-refractivity contribution is -0.117. The summed E-state index contributed by atoms with van der Waals surface area (Å²) in [6, 6.07) is 12.4. The Morgan fingerprint density at radius 3 is 2.83 bits per heavy atom. The van der Waals surface area contributed by atoms with Crippen LogP contribution in [0.2, 0.25) is 0 Å². The number of hydrogen-bond acceptors (Lipinski definition) is 9. The molecule has 2 aromatic carbocycles. The molecule has 1 unspecified atom stereocenters. The third kappa shape index (κ3) is 4.99. The summed E-state index contributed by atoms with van der Waals surface area (Å²) in [4.78, 5) is 27.4. The Bertz CT molecular complexity index is 1800. The summed E-state index contributed by atoms with van der Waals surface area (Å²) in [7, 11) is 1.81.